The number of nitrogen functional groups attached to an aromatic ring is 1. The summed E-state index contributed by atoms with van der Waals surface area (Å²) >= 11 is 0. The number of aliphatic hydroxyl groups is 1. The van der Waals surface area contributed by atoms with E-state index in [4.69, 9.17) is 16.1 Å². The van der Waals surface area contributed by atoms with Gasteiger partial charge < -0.3 is 15.7 Å². The molecule has 0 radical (unpaired) electrons. The fourth-order valence-corrected chi connectivity index (χ4v) is 1.43. The molecule has 86 valence electrons. The van der Waals surface area contributed by atoms with E-state index in [1.807, 2.05) is 31.0 Å². The zero-order valence-electron chi connectivity index (χ0n) is 9.64. The van der Waals surface area contributed by atoms with Crippen LogP contribution < -0.4 is 10.6 Å². The van der Waals surface area contributed by atoms with Gasteiger partial charge in [-0.05, 0) is 30.7 Å². The summed E-state index contributed by atoms with van der Waals surface area (Å²) in [4.78, 5) is 1.96. The summed E-state index contributed by atoms with van der Waals surface area (Å²) in [5, 5.41) is 17.7. The van der Waals surface area contributed by atoms with Gasteiger partial charge in [0.25, 0.3) is 0 Å². The van der Waals surface area contributed by atoms with Gasteiger partial charge in [0.05, 0.1) is 19.1 Å². The van der Waals surface area contributed by atoms with Crippen LogP contribution in [-0.4, -0.2) is 24.8 Å². The molecular formula is C12H17N3O. The quantitative estimate of drug-likeness (QED) is 0.745. The number of benzene rings is 1. The fourth-order valence-electron chi connectivity index (χ4n) is 1.43. The summed E-state index contributed by atoms with van der Waals surface area (Å²) in [6.07, 6.45) is 0.307. The summed E-state index contributed by atoms with van der Waals surface area (Å²) in [5.41, 5.74) is 8.19. The van der Waals surface area contributed by atoms with E-state index in [1.165, 1.54) is 0 Å². The topological polar surface area (TPSA) is 73.3 Å². The highest BCUT2D eigenvalue weighted by molar-refractivity contribution is 5.59. The van der Waals surface area contributed by atoms with E-state index in [9.17, 15) is 0 Å². The highest BCUT2D eigenvalue weighted by Gasteiger charge is 2.10. The summed E-state index contributed by atoms with van der Waals surface area (Å²) in [6, 6.07) is 7.71. The lowest BCUT2D eigenvalue weighted by Gasteiger charge is -2.26. The minimum Gasteiger partial charge on any atom is -0.398 e. The zero-order chi connectivity index (χ0) is 12.1. The van der Waals surface area contributed by atoms with Crippen LogP contribution >= 0.6 is 0 Å². The third kappa shape index (κ3) is 2.65. The molecule has 0 saturated heterocycles. The molecule has 0 aromatic heterocycles. The van der Waals surface area contributed by atoms with Crippen LogP contribution in [0.3, 0.4) is 0 Å². The van der Waals surface area contributed by atoms with Gasteiger partial charge >= 0.3 is 0 Å². The normalized spacial score (nSPS) is 11.9. The van der Waals surface area contributed by atoms with Crippen LogP contribution in [0.15, 0.2) is 18.2 Å². The van der Waals surface area contributed by atoms with Gasteiger partial charge in [-0.2, -0.15) is 5.26 Å². The molecule has 0 spiro atoms. The molecule has 1 aromatic rings. The molecule has 1 unspecified atom stereocenters. The smallest absolute Gasteiger partial charge is 0.0670 e. The largest absolute Gasteiger partial charge is 0.398 e. The van der Waals surface area contributed by atoms with E-state index in [-0.39, 0.29) is 12.6 Å². The lowest BCUT2D eigenvalue weighted by molar-refractivity contribution is 0.270. The average Bonchev–Trinajstić information content (AvgIpc) is 2.30. The first-order chi connectivity index (χ1) is 7.60. The maximum Gasteiger partial charge on any atom is 0.0670 e. The zero-order valence-corrected chi connectivity index (χ0v) is 9.64. The van der Waals surface area contributed by atoms with Crippen LogP contribution in [0.5, 0.6) is 0 Å². The van der Waals surface area contributed by atoms with E-state index in [0.29, 0.717) is 12.1 Å². The molecule has 1 rings (SSSR count). The first-order valence-electron chi connectivity index (χ1n) is 5.19. The number of nitrogens with zero attached hydrogens (tertiary/aromatic N) is 2. The van der Waals surface area contributed by atoms with Crippen molar-refractivity contribution in [1.82, 2.24) is 0 Å². The lowest BCUT2D eigenvalue weighted by Crippen LogP contribution is -2.31. The predicted octanol–water partition coefficient (Wildman–Crippen LogP) is 1.15. The lowest BCUT2D eigenvalue weighted by atomic mass is 10.1. The summed E-state index contributed by atoms with van der Waals surface area (Å²) in [5.74, 6) is 0. The average molecular weight is 219 g/mol. The van der Waals surface area contributed by atoms with E-state index < -0.39 is 0 Å². The molecule has 0 aliphatic rings. The highest BCUT2D eigenvalue weighted by Crippen LogP contribution is 2.22. The van der Waals surface area contributed by atoms with E-state index in [2.05, 4.69) is 6.07 Å². The van der Waals surface area contributed by atoms with Crippen LogP contribution in [0.2, 0.25) is 0 Å². The molecule has 3 N–H and O–H groups in total. The van der Waals surface area contributed by atoms with Crippen LogP contribution in [0, 0.1) is 11.3 Å². The maximum atomic E-state index is 9.08. The number of hydrogen-bond donors (Lipinski definition) is 2. The number of rotatable bonds is 4. The van der Waals surface area contributed by atoms with Crippen LogP contribution in [0.1, 0.15) is 12.5 Å². The summed E-state index contributed by atoms with van der Waals surface area (Å²) < 4.78 is 0. The molecule has 0 bridgehead atoms. The monoisotopic (exact) mass is 219 g/mol. The minimum atomic E-state index is 0.0403. The van der Waals surface area contributed by atoms with Crippen molar-refractivity contribution < 1.29 is 5.11 Å². The third-order valence-corrected chi connectivity index (χ3v) is 2.73. The second-order valence-electron chi connectivity index (χ2n) is 3.86. The van der Waals surface area contributed by atoms with Crippen LogP contribution in [0.25, 0.3) is 0 Å². The highest BCUT2D eigenvalue weighted by atomic mass is 16.3. The standard InChI is InChI=1S/C12H17N3O/c1-9(8-16)15(2)11-3-4-12(14)10(7-11)5-6-13/h3-4,7,9,16H,5,8,14H2,1-2H3. The van der Waals surface area contributed by atoms with Gasteiger partial charge in [0.15, 0.2) is 0 Å². The van der Waals surface area contributed by atoms with E-state index in [0.717, 1.165) is 11.3 Å². The second-order valence-corrected chi connectivity index (χ2v) is 3.86. The number of likely N-dealkylation sites (N-methyl/N-ethyl adjacent to an activating group) is 1. The Morgan fingerprint density at radius 1 is 1.56 bits per heavy atom. The number of anilines is 2. The molecule has 0 fully saturated rings. The van der Waals surface area contributed by atoms with Gasteiger partial charge in [-0.3, -0.25) is 0 Å². The summed E-state index contributed by atoms with van der Waals surface area (Å²) in [6.45, 7) is 2.02. The fraction of sp³-hybridized carbons (Fsp3) is 0.417. The van der Waals surface area contributed by atoms with Gasteiger partial charge in [-0.15, -0.1) is 0 Å². The molecule has 0 heterocycles. The van der Waals surface area contributed by atoms with Crippen molar-refractivity contribution in [1.29, 1.82) is 5.26 Å². The number of hydrogen-bond acceptors (Lipinski definition) is 4. The molecule has 0 saturated carbocycles. The van der Waals surface area contributed by atoms with Gasteiger partial charge in [-0.1, -0.05) is 0 Å². The number of nitriles is 1. The molecule has 1 atom stereocenters. The molecule has 0 amide bonds. The van der Waals surface area contributed by atoms with Gasteiger partial charge in [-0.25, -0.2) is 0 Å². The molecule has 0 aliphatic carbocycles. The molecule has 16 heavy (non-hydrogen) atoms. The third-order valence-electron chi connectivity index (χ3n) is 2.73. The Kier molecular flexibility index (Phi) is 4.15. The Labute approximate surface area is 95.9 Å². The van der Waals surface area contributed by atoms with Gasteiger partial charge in [0.2, 0.25) is 0 Å². The van der Waals surface area contributed by atoms with Crippen LogP contribution in [-0.2, 0) is 6.42 Å². The predicted molar refractivity (Wildman–Crippen MR) is 65.1 cm³/mol. The van der Waals surface area contributed by atoms with Gasteiger partial charge in [0, 0.05) is 24.5 Å². The second kappa shape index (κ2) is 5.38. The Hall–Kier alpha value is -1.73. The Morgan fingerprint density at radius 3 is 2.81 bits per heavy atom. The first kappa shape index (κ1) is 12.3. The Bertz CT molecular complexity index is 398. The molecule has 1 aromatic carbocycles. The molecule has 4 heteroatoms. The van der Waals surface area contributed by atoms with E-state index >= 15 is 0 Å². The van der Waals surface area contributed by atoms with Crippen LogP contribution in [0.4, 0.5) is 11.4 Å². The number of nitrogens with two attached hydrogens (primary N) is 1. The molecule has 0 aliphatic heterocycles. The van der Waals surface area contributed by atoms with Crippen molar-refractivity contribution in [3.63, 3.8) is 0 Å². The summed E-state index contributed by atoms with van der Waals surface area (Å²) in [7, 11) is 1.91. The Morgan fingerprint density at radius 2 is 2.25 bits per heavy atom. The number of aliphatic hydroxyl groups excluding tert-OH is 1. The van der Waals surface area contributed by atoms with Crippen molar-refractivity contribution in [2.45, 2.75) is 19.4 Å². The van der Waals surface area contributed by atoms with Crippen molar-refractivity contribution in [2.24, 2.45) is 0 Å². The van der Waals surface area contributed by atoms with Crippen molar-refractivity contribution in [3.8, 4) is 6.07 Å². The molecular weight excluding hydrogens is 202 g/mol. The first-order valence-corrected chi connectivity index (χ1v) is 5.19. The Balaban J connectivity index is 2.98. The van der Waals surface area contributed by atoms with Crippen molar-refractivity contribution in [2.75, 3.05) is 24.3 Å². The van der Waals surface area contributed by atoms with Crippen molar-refractivity contribution >= 4 is 11.4 Å². The SMILES string of the molecule is CC(CO)N(C)c1ccc(N)c(CC#N)c1. The van der Waals surface area contributed by atoms with E-state index in [1.54, 1.807) is 6.07 Å². The van der Waals surface area contributed by atoms with Crippen molar-refractivity contribution in [3.05, 3.63) is 23.8 Å². The minimum absolute atomic E-state index is 0.0403. The molecule has 4 nitrogen and oxygen atoms in total. The maximum absolute atomic E-state index is 9.08. The van der Waals surface area contributed by atoms with Gasteiger partial charge in [0.1, 0.15) is 0 Å².